The van der Waals surface area contributed by atoms with E-state index in [0.29, 0.717) is 18.9 Å². The first-order chi connectivity index (χ1) is 15.0. The van der Waals surface area contributed by atoms with Crippen molar-refractivity contribution in [2.24, 2.45) is 16.6 Å². The predicted molar refractivity (Wildman–Crippen MR) is 136 cm³/mol. The summed E-state index contributed by atoms with van der Waals surface area (Å²) in [5.41, 5.74) is 6.62. The number of amides is 1. The average molecular weight is 561 g/mol. The maximum atomic E-state index is 13.1. The fraction of sp³-hybridized carbons (Fsp3) is 0.652. The Morgan fingerprint density at radius 1 is 1.19 bits per heavy atom. The quantitative estimate of drug-likeness (QED) is 0.258. The summed E-state index contributed by atoms with van der Waals surface area (Å²) < 4.78 is 18.7. The third-order valence-corrected chi connectivity index (χ3v) is 6.59. The van der Waals surface area contributed by atoms with Crippen molar-refractivity contribution in [3.63, 3.8) is 0 Å². The Labute approximate surface area is 207 Å². The molecule has 9 heteroatoms. The van der Waals surface area contributed by atoms with Crippen LogP contribution in [0.1, 0.15) is 37.7 Å². The number of nitrogens with two attached hydrogens (primary N) is 1. The number of nitrogens with zero attached hydrogens (tertiary/aromatic N) is 2. The van der Waals surface area contributed by atoms with E-state index in [4.69, 9.17) is 10.5 Å². The molecule has 1 aliphatic heterocycles. The van der Waals surface area contributed by atoms with Crippen LogP contribution in [0.25, 0.3) is 0 Å². The van der Waals surface area contributed by atoms with E-state index in [-0.39, 0.29) is 41.2 Å². The van der Waals surface area contributed by atoms with E-state index in [1.165, 1.54) is 44.2 Å². The van der Waals surface area contributed by atoms with Gasteiger partial charge in [0.2, 0.25) is 5.91 Å². The van der Waals surface area contributed by atoms with Crippen LogP contribution in [0, 0.1) is 11.7 Å². The van der Waals surface area contributed by atoms with Gasteiger partial charge in [0.1, 0.15) is 5.82 Å². The predicted octanol–water partition coefficient (Wildman–Crippen LogP) is 2.29. The molecule has 0 aromatic heterocycles. The van der Waals surface area contributed by atoms with Crippen LogP contribution in [0.5, 0.6) is 0 Å². The highest BCUT2D eigenvalue weighted by Gasteiger charge is 2.38. The molecule has 1 aromatic carbocycles. The van der Waals surface area contributed by atoms with E-state index < -0.39 is 5.92 Å². The molecule has 1 aromatic rings. The summed E-state index contributed by atoms with van der Waals surface area (Å²) in [7, 11) is 1.73. The monoisotopic (exact) mass is 561 g/mol. The number of benzene rings is 1. The van der Waals surface area contributed by atoms with Crippen molar-refractivity contribution in [3.8, 4) is 0 Å². The molecule has 32 heavy (non-hydrogen) atoms. The Morgan fingerprint density at radius 3 is 2.44 bits per heavy atom. The molecule has 0 spiro atoms. The lowest BCUT2D eigenvalue weighted by Gasteiger charge is -2.48. The average Bonchev–Trinajstić information content (AvgIpc) is 2.80. The minimum atomic E-state index is -0.410. The van der Waals surface area contributed by atoms with Crippen LogP contribution in [0.4, 0.5) is 4.39 Å². The molecule has 3 rings (SSSR count). The van der Waals surface area contributed by atoms with E-state index >= 15 is 0 Å². The Balaban J connectivity index is 0.00000363. The number of guanidine groups is 1. The number of hydrogen-bond acceptors (Lipinski definition) is 4. The number of carbonyl (C=O) groups is 1. The number of ether oxygens (including phenoxy) is 1. The summed E-state index contributed by atoms with van der Waals surface area (Å²) >= 11 is 0. The lowest BCUT2D eigenvalue weighted by Crippen LogP contribution is -2.60. The topological polar surface area (TPSA) is 92.0 Å². The third-order valence-electron chi connectivity index (χ3n) is 6.59. The summed E-state index contributed by atoms with van der Waals surface area (Å²) in [4.78, 5) is 18.9. The van der Waals surface area contributed by atoms with Crippen molar-refractivity contribution in [1.29, 1.82) is 0 Å². The standard InChI is InChI=1S/C23H36FN5O2.HI/c1-26-22(27-16-19(21(25)30)15-18-5-7-20(24)8-6-18)28-17-23(9-3-2-4-10-23)29-11-13-31-14-12-29;/h5-8,19H,2-4,9-17H2,1H3,(H2,25,30)(H2,26,27,28);1H. The second kappa shape index (κ2) is 13.3. The van der Waals surface area contributed by atoms with Crippen LogP contribution in [-0.2, 0) is 16.0 Å². The van der Waals surface area contributed by atoms with Crippen LogP contribution in [0.15, 0.2) is 29.3 Å². The highest BCUT2D eigenvalue weighted by atomic mass is 127. The minimum Gasteiger partial charge on any atom is -0.379 e. The van der Waals surface area contributed by atoms with Gasteiger partial charge in [-0.2, -0.15) is 0 Å². The van der Waals surface area contributed by atoms with Crippen molar-refractivity contribution >= 4 is 35.8 Å². The Morgan fingerprint density at radius 2 is 1.84 bits per heavy atom. The van der Waals surface area contributed by atoms with Gasteiger partial charge < -0.3 is 21.1 Å². The van der Waals surface area contributed by atoms with Crippen LogP contribution >= 0.6 is 24.0 Å². The summed E-state index contributed by atoms with van der Waals surface area (Å²) in [6.07, 6.45) is 6.58. The van der Waals surface area contributed by atoms with Gasteiger partial charge in [-0.05, 0) is 37.0 Å². The van der Waals surface area contributed by atoms with Crippen molar-refractivity contribution in [2.75, 3.05) is 46.4 Å². The van der Waals surface area contributed by atoms with Crippen molar-refractivity contribution < 1.29 is 13.9 Å². The molecule has 2 fully saturated rings. The normalized spacial score (nSPS) is 20.1. The second-order valence-electron chi connectivity index (χ2n) is 8.62. The maximum absolute atomic E-state index is 13.1. The third kappa shape index (κ3) is 7.55. The number of morpholine rings is 1. The fourth-order valence-corrected chi connectivity index (χ4v) is 4.72. The molecule has 1 aliphatic carbocycles. The molecule has 1 heterocycles. The molecular weight excluding hydrogens is 524 g/mol. The van der Waals surface area contributed by atoms with Crippen LogP contribution in [0.3, 0.4) is 0 Å². The van der Waals surface area contributed by atoms with E-state index in [1.54, 1.807) is 19.2 Å². The van der Waals surface area contributed by atoms with Gasteiger partial charge in [0.25, 0.3) is 0 Å². The molecule has 0 radical (unpaired) electrons. The number of hydrogen-bond donors (Lipinski definition) is 3. The van der Waals surface area contributed by atoms with E-state index in [1.807, 2.05) is 0 Å². The molecule has 2 aliphatic rings. The Kier molecular flexibility index (Phi) is 11.1. The van der Waals surface area contributed by atoms with Gasteiger partial charge in [0.15, 0.2) is 5.96 Å². The molecule has 1 saturated carbocycles. The Hall–Kier alpha value is -1.46. The molecule has 4 N–H and O–H groups in total. The molecule has 1 amide bonds. The molecule has 180 valence electrons. The lowest BCUT2D eigenvalue weighted by atomic mass is 9.80. The van der Waals surface area contributed by atoms with Gasteiger partial charge >= 0.3 is 0 Å². The molecule has 1 saturated heterocycles. The number of rotatable bonds is 8. The highest BCUT2D eigenvalue weighted by Crippen LogP contribution is 2.33. The van der Waals surface area contributed by atoms with E-state index in [2.05, 4.69) is 20.5 Å². The summed E-state index contributed by atoms with van der Waals surface area (Å²) in [5.74, 6) is -0.418. The van der Waals surface area contributed by atoms with E-state index in [9.17, 15) is 9.18 Å². The summed E-state index contributed by atoms with van der Waals surface area (Å²) in [6.45, 7) is 4.70. The smallest absolute Gasteiger partial charge is 0.222 e. The number of nitrogens with one attached hydrogen (secondary N) is 2. The zero-order chi connectivity index (χ0) is 22.1. The van der Waals surface area contributed by atoms with Crippen LogP contribution < -0.4 is 16.4 Å². The first-order valence-electron chi connectivity index (χ1n) is 11.3. The summed E-state index contributed by atoms with van der Waals surface area (Å²) in [6, 6.07) is 6.17. The van der Waals surface area contributed by atoms with Crippen molar-refractivity contribution in [1.82, 2.24) is 15.5 Å². The maximum Gasteiger partial charge on any atom is 0.222 e. The molecular formula is C23H37FIN5O2. The Bertz CT molecular complexity index is 734. The largest absolute Gasteiger partial charge is 0.379 e. The van der Waals surface area contributed by atoms with Gasteiger partial charge in [-0.3, -0.25) is 14.7 Å². The number of primary amides is 1. The molecule has 1 unspecified atom stereocenters. The number of halogens is 2. The minimum absolute atomic E-state index is 0. The van der Waals surface area contributed by atoms with Gasteiger partial charge in [0, 0.05) is 38.8 Å². The first kappa shape index (κ1) is 26.8. The van der Waals surface area contributed by atoms with Crippen LogP contribution in [0.2, 0.25) is 0 Å². The van der Waals surface area contributed by atoms with Gasteiger partial charge in [-0.25, -0.2) is 4.39 Å². The highest BCUT2D eigenvalue weighted by molar-refractivity contribution is 14.0. The van der Waals surface area contributed by atoms with Crippen molar-refractivity contribution in [2.45, 2.75) is 44.1 Å². The first-order valence-corrected chi connectivity index (χ1v) is 11.3. The fourth-order valence-electron chi connectivity index (χ4n) is 4.72. The van der Waals surface area contributed by atoms with Gasteiger partial charge in [-0.15, -0.1) is 24.0 Å². The van der Waals surface area contributed by atoms with E-state index in [0.717, 1.165) is 38.4 Å². The molecule has 7 nitrogen and oxygen atoms in total. The molecule has 0 bridgehead atoms. The SMILES string of the molecule is CN=C(NCC(Cc1ccc(F)cc1)C(N)=O)NCC1(N2CCOCC2)CCCCC1.I. The second-order valence-corrected chi connectivity index (χ2v) is 8.62. The van der Waals surface area contributed by atoms with Crippen molar-refractivity contribution in [3.05, 3.63) is 35.6 Å². The lowest BCUT2D eigenvalue weighted by molar-refractivity contribution is -0.121. The van der Waals surface area contributed by atoms with Crippen LogP contribution in [-0.4, -0.2) is 68.7 Å². The summed E-state index contributed by atoms with van der Waals surface area (Å²) in [5, 5.41) is 6.76. The van der Waals surface area contributed by atoms with Gasteiger partial charge in [-0.1, -0.05) is 31.4 Å². The van der Waals surface area contributed by atoms with Gasteiger partial charge in [0.05, 0.1) is 19.1 Å². The number of aliphatic imine (C=N–C) groups is 1. The number of carbonyl (C=O) groups excluding carboxylic acids is 1. The zero-order valence-electron chi connectivity index (χ0n) is 18.9. The molecule has 1 atom stereocenters. The zero-order valence-corrected chi connectivity index (χ0v) is 21.3.